The summed E-state index contributed by atoms with van der Waals surface area (Å²) in [5.74, 6) is 0.718. The van der Waals surface area contributed by atoms with E-state index in [1.807, 2.05) is 48.6 Å². The Hall–Kier alpha value is -3.34. The van der Waals surface area contributed by atoms with Crippen LogP contribution in [0.5, 0.6) is 0 Å². The first kappa shape index (κ1) is 15.7. The molecule has 1 unspecified atom stereocenters. The van der Waals surface area contributed by atoms with Crippen molar-refractivity contribution in [2.24, 2.45) is 11.8 Å². The van der Waals surface area contributed by atoms with Crippen LogP contribution in [0.1, 0.15) is 12.5 Å². The molecule has 1 saturated carbocycles. The predicted molar refractivity (Wildman–Crippen MR) is 108 cm³/mol. The third kappa shape index (κ3) is 1.81. The van der Waals surface area contributed by atoms with Gasteiger partial charge >= 0.3 is 11.4 Å². The average Bonchev–Trinajstić information content (AvgIpc) is 3.44. The number of nitrogens with zero attached hydrogens (tertiary/aromatic N) is 3. The van der Waals surface area contributed by atoms with Crippen molar-refractivity contribution < 1.29 is 0 Å². The Morgan fingerprint density at radius 3 is 2.57 bits per heavy atom. The zero-order chi connectivity index (χ0) is 18.9. The molecule has 0 radical (unpaired) electrons. The van der Waals surface area contributed by atoms with Crippen LogP contribution < -0.4 is 11.4 Å². The van der Waals surface area contributed by atoms with Gasteiger partial charge in [0.15, 0.2) is 0 Å². The highest BCUT2D eigenvalue weighted by Gasteiger charge is 2.60. The van der Waals surface area contributed by atoms with Crippen molar-refractivity contribution in [3.63, 3.8) is 0 Å². The Morgan fingerprint density at radius 2 is 1.71 bits per heavy atom. The van der Waals surface area contributed by atoms with Gasteiger partial charge in [0.05, 0.1) is 11.7 Å². The molecular formula is C23H19N3O2. The molecule has 0 saturated heterocycles. The van der Waals surface area contributed by atoms with E-state index >= 15 is 0 Å². The molecule has 6 rings (SSSR count). The Labute approximate surface area is 161 Å². The fourth-order valence-corrected chi connectivity index (χ4v) is 5.14. The van der Waals surface area contributed by atoms with E-state index in [1.165, 1.54) is 4.57 Å². The number of rotatable bonds is 1. The molecule has 5 nitrogen and oxygen atoms in total. The first-order valence-electron chi connectivity index (χ1n) is 9.67. The van der Waals surface area contributed by atoms with Crippen LogP contribution in [0, 0.1) is 11.8 Å². The van der Waals surface area contributed by atoms with Gasteiger partial charge in [0.2, 0.25) is 0 Å². The highest BCUT2D eigenvalue weighted by molar-refractivity contribution is 5.46. The molecular weight excluding hydrogens is 350 g/mol. The minimum absolute atomic E-state index is 0.260. The van der Waals surface area contributed by atoms with Gasteiger partial charge in [0, 0.05) is 0 Å². The molecule has 1 aliphatic heterocycles. The molecule has 28 heavy (non-hydrogen) atoms. The van der Waals surface area contributed by atoms with Crippen LogP contribution in [0.4, 0.5) is 0 Å². The lowest BCUT2D eigenvalue weighted by Crippen LogP contribution is -2.42. The fourth-order valence-electron chi connectivity index (χ4n) is 5.14. The van der Waals surface area contributed by atoms with Crippen LogP contribution in [0.3, 0.4) is 0 Å². The Balaban J connectivity index is 1.71. The lowest BCUT2D eigenvalue weighted by Gasteiger charge is -2.28. The highest BCUT2D eigenvalue weighted by Crippen LogP contribution is 2.59. The molecule has 4 atom stereocenters. The third-order valence-corrected chi connectivity index (χ3v) is 6.40. The monoisotopic (exact) mass is 369 g/mol. The summed E-state index contributed by atoms with van der Waals surface area (Å²) in [6, 6.07) is 8.92. The molecule has 2 heterocycles. The van der Waals surface area contributed by atoms with Gasteiger partial charge in [-0.25, -0.2) is 23.5 Å². The standard InChI is InChI=1S/C23H19N3O2/c27-21-24(17-10-3-1-4-11-17)22(28)26-23(14-8-7-9-16-15-19(16)23)18-12-5-2-6-13-20(18)25(21)26/h1-14,16,19-20H,15H2/t16-,19+,20?,23-/m1/s1. The van der Waals surface area contributed by atoms with Gasteiger partial charge < -0.3 is 0 Å². The van der Waals surface area contributed by atoms with E-state index in [0.29, 0.717) is 11.6 Å². The smallest absolute Gasteiger partial charge is 0.245 e. The summed E-state index contributed by atoms with van der Waals surface area (Å²) in [5, 5.41) is 0. The molecule has 1 spiro atoms. The van der Waals surface area contributed by atoms with Crippen molar-refractivity contribution in [3.8, 4) is 5.69 Å². The normalized spacial score (nSPS) is 31.1. The van der Waals surface area contributed by atoms with Crippen LogP contribution in [0.2, 0.25) is 0 Å². The SMILES string of the molecule is O=c1n(-c2ccccc2)c(=O)n2n1C1C=CC=CC=C1[C@@]21C=CC=C[C@@H]2C[C@@H]21. The topological polar surface area (TPSA) is 48.9 Å². The van der Waals surface area contributed by atoms with Crippen LogP contribution in [0.15, 0.2) is 100 Å². The van der Waals surface area contributed by atoms with Gasteiger partial charge in [-0.2, -0.15) is 0 Å². The molecule has 1 fully saturated rings. The number of allylic oxidation sites excluding steroid dienone is 10. The maximum atomic E-state index is 13.6. The molecule has 138 valence electrons. The van der Waals surface area contributed by atoms with Crippen LogP contribution in [0.25, 0.3) is 5.69 Å². The van der Waals surface area contributed by atoms with Crippen LogP contribution in [-0.4, -0.2) is 13.9 Å². The van der Waals surface area contributed by atoms with E-state index in [-0.39, 0.29) is 23.3 Å². The summed E-state index contributed by atoms with van der Waals surface area (Å²) in [7, 11) is 0. The quantitative estimate of drug-likeness (QED) is 0.776. The Morgan fingerprint density at radius 1 is 0.893 bits per heavy atom. The molecule has 0 N–H and O–H groups in total. The minimum atomic E-state index is -0.603. The Bertz CT molecular complexity index is 1250. The second-order valence-electron chi connectivity index (χ2n) is 7.80. The summed E-state index contributed by atoms with van der Waals surface area (Å²) in [4.78, 5) is 27.1. The molecule has 3 aliphatic carbocycles. The van der Waals surface area contributed by atoms with E-state index < -0.39 is 5.54 Å². The number of aromatic nitrogens is 3. The van der Waals surface area contributed by atoms with Gasteiger partial charge in [-0.1, -0.05) is 72.9 Å². The number of hydrogen-bond acceptors (Lipinski definition) is 2. The van der Waals surface area contributed by atoms with Crippen molar-refractivity contribution >= 4 is 0 Å². The largest absolute Gasteiger partial charge is 0.353 e. The molecule has 1 aromatic heterocycles. The van der Waals surface area contributed by atoms with E-state index in [9.17, 15) is 9.59 Å². The van der Waals surface area contributed by atoms with Crippen molar-refractivity contribution in [1.29, 1.82) is 0 Å². The van der Waals surface area contributed by atoms with Crippen molar-refractivity contribution in [2.75, 3.05) is 0 Å². The lowest BCUT2D eigenvalue weighted by atomic mass is 9.81. The minimum Gasteiger partial charge on any atom is -0.245 e. The zero-order valence-corrected chi connectivity index (χ0v) is 15.2. The number of para-hydroxylation sites is 1. The summed E-state index contributed by atoms with van der Waals surface area (Å²) in [6.45, 7) is 0. The average molecular weight is 369 g/mol. The van der Waals surface area contributed by atoms with Crippen LogP contribution in [-0.2, 0) is 5.54 Å². The molecule has 5 heteroatoms. The van der Waals surface area contributed by atoms with Gasteiger partial charge in [-0.15, -0.1) is 0 Å². The van der Waals surface area contributed by atoms with E-state index in [4.69, 9.17) is 0 Å². The third-order valence-electron chi connectivity index (χ3n) is 6.40. The van der Waals surface area contributed by atoms with Crippen LogP contribution >= 0.6 is 0 Å². The van der Waals surface area contributed by atoms with E-state index in [1.54, 1.807) is 21.5 Å². The second kappa shape index (κ2) is 5.35. The van der Waals surface area contributed by atoms with Crippen molar-refractivity contribution in [3.05, 3.63) is 112 Å². The maximum absolute atomic E-state index is 13.6. The summed E-state index contributed by atoms with van der Waals surface area (Å²) in [5.41, 5.74) is 0.525. The van der Waals surface area contributed by atoms with Gasteiger partial charge in [0.25, 0.3) is 0 Å². The number of benzene rings is 1. The maximum Gasteiger partial charge on any atom is 0.353 e. The van der Waals surface area contributed by atoms with Crippen molar-refractivity contribution in [2.45, 2.75) is 18.0 Å². The number of hydrogen-bond donors (Lipinski definition) is 0. The fraction of sp³-hybridized carbons (Fsp3) is 0.217. The molecule has 0 amide bonds. The van der Waals surface area contributed by atoms with Gasteiger partial charge in [-0.3, -0.25) is 0 Å². The van der Waals surface area contributed by atoms with E-state index in [0.717, 1.165) is 12.0 Å². The van der Waals surface area contributed by atoms with Gasteiger partial charge in [0.1, 0.15) is 5.54 Å². The first-order chi connectivity index (χ1) is 13.7. The van der Waals surface area contributed by atoms with E-state index in [2.05, 4.69) is 24.3 Å². The first-order valence-corrected chi connectivity index (χ1v) is 9.67. The summed E-state index contributed by atoms with van der Waals surface area (Å²) in [6.07, 6.45) is 19.5. The van der Waals surface area contributed by atoms with Crippen molar-refractivity contribution in [1.82, 2.24) is 13.9 Å². The zero-order valence-electron chi connectivity index (χ0n) is 15.2. The predicted octanol–water partition coefficient (Wildman–Crippen LogP) is 2.87. The van der Waals surface area contributed by atoms with Gasteiger partial charge in [-0.05, 0) is 36.0 Å². The summed E-state index contributed by atoms with van der Waals surface area (Å²) < 4.78 is 4.67. The molecule has 2 aromatic rings. The highest BCUT2D eigenvalue weighted by atomic mass is 16.2. The molecule has 4 aliphatic rings. The second-order valence-corrected chi connectivity index (χ2v) is 7.80. The number of fused-ring (bicyclic) bond motifs is 7. The Kier molecular flexibility index (Phi) is 3.00. The lowest BCUT2D eigenvalue weighted by molar-refractivity contribution is 0.342. The molecule has 0 bridgehead atoms. The summed E-state index contributed by atoms with van der Waals surface area (Å²) >= 11 is 0. The molecule has 1 aromatic carbocycles.